The smallest absolute Gasteiger partial charge is 0.258 e. The van der Waals surface area contributed by atoms with Gasteiger partial charge < -0.3 is 10.6 Å². The van der Waals surface area contributed by atoms with Crippen LogP contribution in [0.1, 0.15) is 35.7 Å². The summed E-state index contributed by atoms with van der Waals surface area (Å²) < 4.78 is 0. The second-order valence-electron chi connectivity index (χ2n) is 5.22. The molecule has 5 heteroatoms. The Balaban J connectivity index is 1.63. The fourth-order valence-electron chi connectivity index (χ4n) is 1.96. The molecule has 2 aromatic rings. The molecular formula is C16H18N4O. The number of anilines is 2. The Morgan fingerprint density at radius 2 is 1.86 bits per heavy atom. The van der Waals surface area contributed by atoms with Crippen molar-refractivity contribution in [1.82, 2.24) is 9.97 Å². The monoisotopic (exact) mass is 282 g/mol. The average molecular weight is 282 g/mol. The van der Waals surface area contributed by atoms with Crippen LogP contribution < -0.4 is 10.6 Å². The number of aromatic nitrogens is 2. The van der Waals surface area contributed by atoms with E-state index in [1.165, 1.54) is 18.4 Å². The summed E-state index contributed by atoms with van der Waals surface area (Å²) in [5.74, 6) is 0.388. The number of amides is 1. The minimum atomic E-state index is -0.197. The molecule has 1 fully saturated rings. The molecule has 3 rings (SSSR count). The maximum Gasteiger partial charge on any atom is 0.258 e. The SMILES string of the molecule is CCc1ccc(NC(=O)c2cnc(NC3CC3)nc2)cc1. The third kappa shape index (κ3) is 3.56. The van der Waals surface area contributed by atoms with E-state index in [9.17, 15) is 4.79 Å². The zero-order chi connectivity index (χ0) is 14.7. The molecule has 1 aromatic heterocycles. The molecule has 0 atom stereocenters. The van der Waals surface area contributed by atoms with E-state index in [0.29, 0.717) is 17.6 Å². The van der Waals surface area contributed by atoms with Crippen LogP contribution in [-0.4, -0.2) is 21.9 Å². The molecule has 21 heavy (non-hydrogen) atoms. The van der Waals surface area contributed by atoms with Crippen LogP contribution in [0.4, 0.5) is 11.6 Å². The molecule has 1 aliphatic rings. The first kappa shape index (κ1) is 13.5. The number of nitrogens with one attached hydrogen (secondary N) is 2. The number of rotatable bonds is 5. The first-order valence-electron chi connectivity index (χ1n) is 7.23. The van der Waals surface area contributed by atoms with Crippen LogP contribution in [-0.2, 0) is 6.42 Å². The number of carbonyl (C=O) groups is 1. The molecule has 1 amide bonds. The molecule has 5 nitrogen and oxygen atoms in total. The quantitative estimate of drug-likeness (QED) is 0.885. The van der Waals surface area contributed by atoms with E-state index < -0.39 is 0 Å². The van der Waals surface area contributed by atoms with Gasteiger partial charge in [-0.2, -0.15) is 0 Å². The number of benzene rings is 1. The third-order valence-corrected chi connectivity index (χ3v) is 3.44. The average Bonchev–Trinajstić information content (AvgIpc) is 3.33. The van der Waals surface area contributed by atoms with Crippen molar-refractivity contribution in [2.45, 2.75) is 32.2 Å². The molecule has 0 aliphatic heterocycles. The molecule has 1 aliphatic carbocycles. The molecule has 108 valence electrons. The van der Waals surface area contributed by atoms with Crippen molar-refractivity contribution in [3.8, 4) is 0 Å². The molecule has 1 heterocycles. The van der Waals surface area contributed by atoms with Crippen molar-refractivity contribution < 1.29 is 4.79 Å². The lowest BCUT2D eigenvalue weighted by Gasteiger charge is -2.06. The number of aryl methyl sites for hydroxylation is 1. The molecule has 2 N–H and O–H groups in total. The van der Waals surface area contributed by atoms with Gasteiger partial charge in [0.05, 0.1) is 5.56 Å². The van der Waals surface area contributed by atoms with E-state index in [4.69, 9.17) is 0 Å². The standard InChI is InChI=1S/C16H18N4O/c1-2-11-3-5-13(6-4-11)19-15(21)12-9-17-16(18-10-12)20-14-7-8-14/h3-6,9-10,14H,2,7-8H2,1H3,(H,19,21)(H,17,18,20). The van der Waals surface area contributed by atoms with E-state index in [2.05, 4.69) is 27.5 Å². The van der Waals surface area contributed by atoms with Crippen molar-refractivity contribution in [2.75, 3.05) is 10.6 Å². The van der Waals surface area contributed by atoms with Crippen LogP contribution in [0, 0.1) is 0 Å². The predicted octanol–water partition coefficient (Wildman–Crippen LogP) is 2.87. The highest BCUT2D eigenvalue weighted by Crippen LogP contribution is 2.22. The Bertz CT molecular complexity index is 618. The van der Waals surface area contributed by atoms with Crippen LogP contribution in [0.3, 0.4) is 0 Å². The first-order chi connectivity index (χ1) is 10.2. The second kappa shape index (κ2) is 5.91. The van der Waals surface area contributed by atoms with Gasteiger partial charge in [-0.15, -0.1) is 0 Å². The second-order valence-corrected chi connectivity index (χ2v) is 5.22. The molecule has 1 aromatic carbocycles. The van der Waals surface area contributed by atoms with E-state index in [1.807, 2.05) is 24.3 Å². The molecule has 0 unspecified atom stereocenters. The van der Waals surface area contributed by atoms with Gasteiger partial charge in [0.25, 0.3) is 5.91 Å². The van der Waals surface area contributed by atoms with Crippen molar-refractivity contribution in [2.24, 2.45) is 0 Å². The predicted molar refractivity (Wildman–Crippen MR) is 82.4 cm³/mol. The van der Waals surface area contributed by atoms with E-state index >= 15 is 0 Å². The van der Waals surface area contributed by atoms with Crippen molar-refractivity contribution in [1.29, 1.82) is 0 Å². The molecular weight excluding hydrogens is 264 g/mol. The fourth-order valence-corrected chi connectivity index (χ4v) is 1.96. The number of carbonyl (C=O) groups excluding carboxylic acids is 1. The van der Waals surface area contributed by atoms with Crippen LogP contribution in [0.25, 0.3) is 0 Å². The Morgan fingerprint density at radius 3 is 2.43 bits per heavy atom. The van der Waals surface area contributed by atoms with Gasteiger partial charge in [-0.3, -0.25) is 4.79 Å². The van der Waals surface area contributed by atoms with Gasteiger partial charge in [-0.25, -0.2) is 9.97 Å². The number of hydrogen-bond acceptors (Lipinski definition) is 4. The van der Waals surface area contributed by atoms with Gasteiger partial charge in [-0.1, -0.05) is 19.1 Å². The normalized spacial score (nSPS) is 13.8. The summed E-state index contributed by atoms with van der Waals surface area (Å²) in [4.78, 5) is 20.4. The zero-order valence-corrected chi connectivity index (χ0v) is 12.0. The van der Waals surface area contributed by atoms with Gasteiger partial charge >= 0.3 is 0 Å². The minimum Gasteiger partial charge on any atom is -0.351 e. The summed E-state index contributed by atoms with van der Waals surface area (Å²) in [6, 6.07) is 8.33. The van der Waals surface area contributed by atoms with Crippen molar-refractivity contribution in [3.63, 3.8) is 0 Å². The highest BCUT2D eigenvalue weighted by Gasteiger charge is 2.21. The van der Waals surface area contributed by atoms with Crippen LogP contribution in [0.5, 0.6) is 0 Å². The minimum absolute atomic E-state index is 0.197. The van der Waals surface area contributed by atoms with E-state index in [-0.39, 0.29) is 5.91 Å². The van der Waals surface area contributed by atoms with Crippen molar-refractivity contribution in [3.05, 3.63) is 47.8 Å². The highest BCUT2D eigenvalue weighted by molar-refractivity contribution is 6.03. The van der Waals surface area contributed by atoms with Crippen LogP contribution in [0.15, 0.2) is 36.7 Å². The molecule has 0 bridgehead atoms. The summed E-state index contributed by atoms with van der Waals surface area (Å²) in [5.41, 5.74) is 2.47. The summed E-state index contributed by atoms with van der Waals surface area (Å²) >= 11 is 0. The Hall–Kier alpha value is -2.43. The topological polar surface area (TPSA) is 66.9 Å². The zero-order valence-electron chi connectivity index (χ0n) is 12.0. The third-order valence-electron chi connectivity index (χ3n) is 3.44. The van der Waals surface area contributed by atoms with Gasteiger partial charge in [-0.05, 0) is 37.0 Å². The van der Waals surface area contributed by atoms with Gasteiger partial charge in [0.1, 0.15) is 0 Å². The number of hydrogen-bond donors (Lipinski definition) is 2. The Kier molecular flexibility index (Phi) is 3.81. The summed E-state index contributed by atoms with van der Waals surface area (Å²) in [5, 5.41) is 6.03. The lowest BCUT2D eigenvalue weighted by molar-refractivity contribution is 0.102. The molecule has 1 saturated carbocycles. The highest BCUT2D eigenvalue weighted by atomic mass is 16.1. The van der Waals surface area contributed by atoms with Gasteiger partial charge in [0, 0.05) is 24.1 Å². The molecule has 0 saturated heterocycles. The van der Waals surface area contributed by atoms with E-state index in [1.54, 1.807) is 12.4 Å². The largest absolute Gasteiger partial charge is 0.351 e. The van der Waals surface area contributed by atoms with Crippen LogP contribution >= 0.6 is 0 Å². The first-order valence-corrected chi connectivity index (χ1v) is 7.23. The summed E-state index contributed by atoms with van der Waals surface area (Å²) in [7, 11) is 0. The van der Waals surface area contributed by atoms with Gasteiger partial charge in [0.2, 0.25) is 5.95 Å². The lowest BCUT2D eigenvalue weighted by Crippen LogP contribution is -2.13. The van der Waals surface area contributed by atoms with Crippen molar-refractivity contribution >= 4 is 17.5 Å². The van der Waals surface area contributed by atoms with Gasteiger partial charge in [0.15, 0.2) is 0 Å². The maximum atomic E-state index is 12.1. The summed E-state index contributed by atoms with van der Waals surface area (Å²) in [6.07, 6.45) is 6.41. The Morgan fingerprint density at radius 1 is 1.19 bits per heavy atom. The lowest BCUT2D eigenvalue weighted by atomic mass is 10.1. The molecule has 0 spiro atoms. The number of nitrogens with zero attached hydrogens (tertiary/aromatic N) is 2. The Labute approximate surface area is 123 Å². The van der Waals surface area contributed by atoms with Crippen LogP contribution in [0.2, 0.25) is 0 Å². The fraction of sp³-hybridized carbons (Fsp3) is 0.312. The maximum absolute atomic E-state index is 12.1. The van der Waals surface area contributed by atoms with E-state index in [0.717, 1.165) is 12.1 Å². The summed E-state index contributed by atoms with van der Waals surface area (Å²) in [6.45, 7) is 2.10. The molecule has 0 radical (unpaired) electrons.